The molecule has 72 valence electrons. The van der Waals surface area contributed by atoms with Gasteiger partial charge < -0.3 is 0 Å². The zero-order chi connectivity index (χ0) is 9.84. The summed E-state index contributed by atoms with van der Waals surface area (Å²) in [6.07, 6.45) is 0. The third-order valence-electron chi connectivity index (χ3n) is 1.11. The summed E-state index contributed by atoms with van der Waals surface area (Å²) in [4.78, 5) is 19.3. The fourth-order valence-electron chi connectivity index (χ4n) is 0.680. The van der Waals surface area contributed by atoms with Crippen molar-refractivity contribution >= 4 is 37.8 Å². The van der Waals surface area contributed by atoms with E-state index in [0.717, 1.165) is 0 Å². The fraction of sp³-hybridized carbons (Fsp3) is 0.400. The first-order chi connectivity index (χ1) is 6.13. The van der Waals surface area contributed by atoms with Gasteiger partial charge in [0.1, 0.15) is 6.54 Å². The molecular weight excluding hydrogens is 308 g/mol. The van der Waals surface area contributed by atoms with E-state index < -0.39 is 0 Å². The first-order valence-electron chi connectivity index (χ1n) is 3.21. The molecule has 0 unspecified atom stereocenters. The Kier molecular flexibility index (Phi) is 3.82. The van der Waals surface area contributed by atoms with Crippen LogP contribution in [0.2, 0.25) is 0 Å². The van der Waals surface area contributed by atoms with Crippen LogP contribution in [0, 0.1) is 0 Å². The molecule has 1 heterocycles. The molecule has 0 saturated carbocycles. The van der Waals surface area contributed by atoms with E-state index >= 15 is 0 Å². The molecule has 0 aliphatic rings. The van der Waals surface area contributed by atoms with Crippen molar-refractivity contribution < 1.29 is 9.63 Å². The molecule has 1 aromatic rings. The second kappa shape index (κ2) is 4.68. The molecule has 1 aromatic heterocycles. The summed E-state index contributed by atoms with van der Waals surface area (Å²) in [6, 6.07) is 0. The van der Waals surface area contributed by atoms with E-state index in [1.165, 1.54) is 11.8 Å². The van der Waals surface area contributed by atoms with Crippen molar-refractivity contribution in [2.24, 2.45) is 0 Å². The molecule has 0 spiro atoms. The third kappa shape index (κ3) is 3.05. The van der Waals surface area contributed by atoms with Gasteiger partial charge in [-0.3, -0.25) is 9.63 Å². The van der Waals surface area contributed by atoms with Crippen LogP contribution < -0.4 is 5.48 Å². The largest absolute Gasteiger partial charge is 0.277 e. The topological polar surface area (TPSA) is 69.0 Å². The summed E-state index contributed by atoms with van der Waals surface area (Å²) in [6.45, 7) is 0.0486. The first kappa shape index (κ1) is 10.6. The maximum atomic E-state index is 11.0. The minimum Gasteiger partial charge on any atom is -0.277 e. The fourth-order valence-corrected chi connectivity index (χ4v) is 1.65. The zero-order valence-electron chi connectivity index (χ0n) is 6.62. The number of nitrogens with zero attached hydrogens (tertiary/aromatic N) is 3. The number of hydroxylamine groups is 1. The Balaban J connectivity index is 2.63. The zero-order valence-corrected chi connectivity index (χ0v) is 9.79. The number of carbonyl (C=O) groups is 1. The number of hydrogen-bond donors (Lipinski definition) is 1. The number of halogens is 2. The van der Waals surface area contributed by atoms with Crippen LogP contribution >= 0.6 is 31.9 Å². The van der Waals surface area contributed by atoms with Crippen molar-refractivity contribution in [3.8, 4) is 0 Å². The normalized spacial score (nSPS) is 10.1. The number of amides is 1. The molecule has 0 radical (unpaired) electrons. The van der Waals surface area contributed by atoms with Crippen molar-refractivity contribution in [3.05, 3.63) is 9.47 Å². The van der Waals surface area contributed by atoms with Gasteiger partial charge in [-0.25, -0.2) is 10.2 Å². The highest BCUT2D eigenvalue weighted by Gasteiger charge is 2.08. The Hall–Kier alpha value is -0.470. The molecule has 1 N–H and O–H groups in total. The lowest BCUT2D eigenvalue weighted by Gasteiger charge is -2.01. The molecule has 8 heteroatoms. The highest BCUT2D eigenvalue weighted by molar-refractivity contribution is 9.11. The molecule has 13 heavy (non-hydrogen) atoms. The van der Waals surface area contributed by atoms with E-state index in [2.05, 4.69) is 52.3 Å². The van der Waals surface area contributed by atoms with E-state index in [1.54, 1.807) is 0 Å². The van der Waals surface area contributed by atoms with Crippen LogP contribution in [-0.4, -0.2) is 27.8 Å². The Labute approximate surface area is 90.9 Å². The highest BCUT2D eigenvalue weighted by atomic mass is 79.9. The highest BCUT2D eigenvalue weighted by Crippen LogP contribution is 2.10. The van der Waals surface area contributed by atoms with Crippen LogP contribution in [0.3, 0.4) is 0 Å². The van der Waals surface area contributed by atoms with Gasteiger partial charge >= 0.3 is 0 Å². The molecule has 0 aliphatic heterocycles. The molecule has 0 fully saturated rings. The lowest BCUT2D eigenvalue weighted by molar-refractivity contribution is -0.132. The molecular formula is C5H6Br2N4O2. The number of hydrogen-bond acceptors (Lipinski definition) is 4. The van der Waals surface area contributed by atoms with Crippen molar-refractivity contribution in [2.75, 3.05) is 7.11 Å². The number of carbonyl (C=O) groups excluding carboxylic acids is 1. The first-order valence-corrected chi connectivity index (χ1v) is 4.79. The van der Waals surface area contributed by atoms with E-state index in [0.29, 0.717) is 9.47 Å². The van der Waals surface area contributed by atoms with Gasteiger partial charge in [0.05, 0.1) is 7.11 Å². The SMILES string of the molecule is CONC(=O)Cn1nc(Br)nc1Br. The molecule has 0 aliphatic carbocycles. The maximum Gasteiger partial charge on any atom is 0.265 e. The van der Waals surface area contributed by atoms with Gasteiger partial charge in [-0.05, 0) is 31.9 Å². The number of aromatic nitrogens is 3. The van der Waals surface area contributed by atoms with Gasteiger partial charge in [0.15, 0.2) is 4.73 Å². The van der Waals surface area contributed by atoms with Gasteiger partial charge in [-0.2, -0.15) is 4.98 Å². The van der Waals surface area contributed by atoms with Crippen molar-refractivity contribution in [3.63, 3.8) is 0 Å². The van der Waals surface area contributed by atoms with Gasteiger partial charge in [0.25, 0.3) is 5.91 Å². The molecule has 0 aromatic carbocycles. The Morgan fingerprint density at radius 3 is 2.85 bits per heavy atom. The van der Waals surface area contributed by atoms with E-state index in [4.69, 9.17) is 0 Å². The second-order valence-corrected chi connectivity index (χ2v) is 3.46. The monoisotopic (exact) mass is 312 g/mol. The van der Waals surface area contributed by atoms with E-state index in [9.17, 15) is 4.79 Å². The molecule has 1 amide bonds. The smallest absolute Gasteiger partial charge is 0.265 e. The summed E-state index contributed by atoms with van der Waals surface area (Å²) in [5, 5.41) is 3.89. The van der Waals surface area contributed by atoms with Crippen LogP contribution in [0.5, 0.6) is 0 Å². The van der Waals surface area contributed by atoms with Crippen LogP contribution in [0.1, 0.15) is 0 Å². The summed E-state index contributed by atoms with van der Waals surface area (Å²) < 4.78 is 2.29. The summed E-state index contributed by atoms with van der Waals surface area (Å²) in [7, 11) is 1.37. The summed E-state index contributed by atoms with van der Waals surface area (Å²) in [5.74, 6) is -0.305. The predicted octanol–water partition coefficient (Wildman–Crippen LogP) is 0.481. The second-order valence-electron chi connectivity index (χ2n) is 2.04. The number of nitrogens with one attached hydrogen (secondary N) is 1. The van der Waals surface area contributed by atoms with Crippen LogP contribution in [0.15, 0.2) is 9.47 Å². The van der Waals surface area contributed by atoms with Crippen LogP contribution in [-0.2, 0) is 16.2 Å². The van der Waals surface area contributed by atoms with Crippen LogP contribution in [0.25, 0.3) is 0 Å². The molecule has 1 rings (SSSR count). The molecule has 0 saturated heterocycles. The lowest BCUT2D eigenvalue weighted by Crippen LogP contribution is -2.26. The van der Waals surface area contributed by atoms with Crippen molar-refractivity contribution in [2.45, 2.75) is 6.54 Å². The van der Waals surface area contributed by atoms with Crippen molar-refractivity contribution in [1.29, 1.82) is 0 Å². The standard InChI is InChI=1S/C5H6Br2N4O2/c1-13-10-3(12)2-11-5(7)8-4(6)9-11/h2H2,1H3,(H,10,12). The predicted molar refractivity (Wildman–Crippen MR) is 50.6 cm³/mol. The quantitative estimate of drug-likeness (QED) is 0.824. The minimum absolute atomic E-state index is 0.0486. The van der Waals surface area contributed by atoms with Gasteiger partial charge in [-0.1, -0.05) is 0 Å². The summed E-state index contributed by atoms with van der Waals surface area (Å²) >= 11 is 6.21. The molecule has 0 bridgehead atoms. The van der Waals surface area contributed by atoms with Gasteiger partial charge in [0.2, 0.25) is 4.73 Å². The molecule has 0 atom stereocenters. The average Bonchev–Trinajstić information content (AvgIpc) is 2.30. The van der Waals surface area contributed by atoms with Crippen molar-refractivity contribution in [1.82, 2.24) is 20.2 Å². The van der Waals surface area contributed by atoms with E-state index in [-0.39, 0.29) is 12.5 Å². The number of rotatable bonds is 3. The lowest BCUT2D eigenvalue weighted by atomic mass is 10.6. The third-order valence-corrected chi connectivity index (χ3v) is 2.03. The van der Waals surface area contributed by atoms with E-state index in [1.807, 2.05) is 0 Å². The molecule has 6 nitrogen and oxygen atoms in total. The van der Waals surface area contributed by atoms with Crippen LogP contribution in [0.4, 0.5) is 0 Å². The summed E-state index contributed by atoms with van der Waals surface area (Å²) in [5.41, 5.74) is 2.17. The Morgan fingerprint density at radius 2 is 2.38 bits per heavy atom. The Bertz CT molecular complexity index is 313. The minimum atomic E-state index is -0.305. The maximum absolute atomic E-state index is 11.0. The van der Waals surface area contributed by atoms with Gasteiger partial charge in [-0.15, -0.1) is 5.10 Å². The Morgan fingerprint density at radius 1 is 1.69 bits per heavy atom. The average molecular weight is 314 g/mol. The van der Waals surface area contributed by atoms with Gasteiger partial charge in [0, 0.05) is 0 Å².